The third-order valence-corrected chi connectivity index (χ3v) is 4.37. The number of rotatable bonds is 2. The Kier molecular flexibility index (Phi) is 3.10. The Hall–Kier alpha value is -1.73. The number of aromatic nitrogens is 3. The predicted octanol–water partition coefficient (Wildman–Crippen LogP) is 2.59. The molecule has 20 heavy (non-hydrogen) atoms. The molecule has 0 bridgehead atoms. The fourth-order valence-corrected chi connectivity index (χ4v) is 3.36. The second-order valence-corrected chi connectivity index (χ2v) is 6.98. The average molecular weight is 352 g/mol. The van der Waals surface area contributed by atoms with Gasteiger partial charge < -0.3 is 0 Å². The molecule has 1 heterocycles. The second-order valence-electron chi connectivity index (χ2n) is 4.36. The van der Waals surface area contributed by atoms with Crippen molar-refractivity contribution in [1.29, 1.82) is 0 Å². The Labute approximate surface area is 124 Å². The van der Waals surface area contributed by atoms with E-state index in [2.05, 4.69) is 26.1 Å². The number of fused-ring (bicyclic) bond motifs is 1. The van der Waals surface area contributed by atoms with Gasteiger partial charge in [0.05, 0.1) is 5.69 Å². The fourth-order valence-electron chi connectivity index (χ4n) is 2.10. The second kappa shape index (κ2) is 4.68. The summed E-state index contributed by atoms with van der Waals surface area (Å²) in [6.07, 6.45) is 1.12. The van der Waals surface area contributed by atoms with Crippen molar-refractivity contribution in [2.75, 3.05) is 6.26 Å². The molecule has 0 fully saturated rings. The summed E-state index contributed by atoms with van der Waals surface area (Å²) in [5.41, 5.74) is 0.723. The van der Waals surface area contributed by atoms with Crippen LogP contribution in [-0.2, 0) is 9.84 Å². The highest BCUT2D eigenvalue weighted by atomic mass is 79.9. The van der Waals surface area contributed by atoms with Crippen molar-refractivity contribution < 1.29 is 8.42 Å². The van der Waals surface area contributed by atoms with Crippen LogP contribution < -0.4 is 0 Å². The molecule has 0 spiro atoms. The molecular weight excluding hydrogens is 342 g/mol. The largest absolute Gasteiger partial charge is 0.260 e. The maximum atomic E-state index is 11.8. The van der Waals surface area contributed by atoms with Gasteiger partial charge in [-0.05, 0) is 27.4 Å². The minimum absolute atomic E-state index is 0.0827. The van der Waals surface area contributed by atoms with Crippen molar-refractivity contribution in [3.63, 3.8) is 0 Å². The van der Waals surface area contributed by atoms with Gasteiger partial charge in [-0.15, -0.1) is 10.2 Å². The van der Waals surface area contributed by atoms with E-state index in [4.69, 9.17) is 0 Å². The van der Waals surface area contributed by atoms with Crippen LogP contribution in [0.3, 0.4) is 0 Å². The highest BCUT2D eigenvalue weighted by Crippen LogP contribution is 2.27. The van der Waals surface area contributed by atoms with Crippen LogP contribution >= 0.6 is 15.9 Å². The Bertz CT molecular complexity index is 898. The van der Waals surface area contributed by atoms with E-state index in [1.165, 1.54) is 4.57 Å². The molecule has 7 heteroatoms. The van der Waals surface area contributed by atoms with E-state index >= 15 is 0 Å². The van der Waals surface area contributed by atoms with Gasteiger partial charge in [-0.25, -0.2) is 8.42 Å². The van der Waals surface area contributed by atoms with E-state index in [-0.39, 0.29) is 5.16 Å². The summed E-state index contributed by atoms with van der Waals surface area (Å²) in [6, 6.07) is 13.4. The van der Waals surface area contributed by atoms with Gasteiger partial charge in [0.15, 0.2) is 0 Å². The number of hydrogen-bond acceptors (Lipinski definition) is 4. The van der Waals surface area contributed by atoms with Gasteiger partial charge in [0, 0.05) is 11.6 Å². The molecule has 0 aliphatic heterocycles. The molecule has 0 amide bonds. The normalized spacial score (nSPS) is 11.9. The minimum Gasteiger partial charge on any atom is -0.260 e. The quantitative estimate of drug-likeness (QED) is 0.711. The molecule has 0 aliphatic rings. The lowest BCUT2D eigenvalue weighted by Gasteiger charge is -2.10. The maximum Gasteiger partial charge on any atom is 0.254 e. The van der Waals surface area contributed by atoms with E-state index in [9.17, 15) is 8.42 Å². The van der Waals surface area contributed by atoms with E-state index < -0.39 is 9.84 Å². The zero-order valence-corrected chi connectivity index (χ0v) is 12.9. The molecule has 2 aromatic carbocycles. The first kappa shape index (κ1) is 13.3. The number of halogens is 1. The summed E-state index contributed by atoms with van der Waals surface area (Å²) < 4.78 is 25.5. The van der Waals surface area contributed by atoms with Crippen molar-refractivity contribution in [1.82, 2.24) is 14.8 Å². The van der Waals surface area contributed by atoms with Crippen molar-refractivity contribution in [3.05, 3.63) is 47.2 Å². The van der Waals surface area contributed by atoms with Gasteiger partial charge >= 0.3 is 0 Å². The molecule has 0 aliphatic carbocycles. The van der Waals surface area contributed by atoms with Crippen LogP contribution in [0.15, 0.2) is 52.4 Å². The van der Waals surface area contributed by atoms with Crippen LogP contribution in [0.1, 0.15) is 0 Å². The highest BCUT2D eigenvalue weighted by molar-refractivity contribution is 9.10. The third kappa shape index (κ3) is 2.12. The van der Waals surface area contributed by atoms with Gasteiger partial charge in [0.1, 0.15) is 0 Å². The van der Waals surface area contributed by atoms with Crippen LogP contribution in [0.25, 0.3) is 16.5 Å². The summed E-state index contributed by atoms with van der Waals surface area (Å²) in [5.74, 6) is 0. The zero-order valence-electron chi connectivity index (χ0n) is 10.5. The smallest absolute Gasteiger partial charge is 0.254 e. The van der Waals surface area contributed by atoms with Gasteiger partial charge in [-0.3, -0.25) is 4.57 Å². The summed E-state index contributed by atoms with van der Waals surface area (Å²) in [6.45, 7) is 0. The number of benzene rings is 2. The standard InChI is InChI=1S/C13H10BrN3O2S/c1-20(18,19)13-16-15-12(14)17(13)11-8-4-6-9-5-2-3-7-10(9)11/h2-8H,1H3. The predicted molar refractivity (Wildman–Crippen MR) is 79.7 cm³/mol. The first-order valence-electron chi connectivity index (χ1n) is 5.77. The molecule has 5 nitrogen and oxygen atoms in total. The first-order valence-corrected chi connectivity index (χ1v) is 8.46. The highest BCUT2D eigenvalue weighted by Gasteiger charge is 2.21. The van der Waals surface area contributed by atoms with Crippen molar-refractivity contribution in [2.45, 2.75) is 5.16 Å². The number of hydrogen-bond donors (Lipinski definition) is 0. The maximum absolute atomic E-state index is 11.8. The zero-order chi connectivity index (χ0) is 14.3. The SMILES string of the molecule is CS(=O)(=O)c1nnc(Br)n1-c1cccc2ccccc12. The Morgan fingerprint density at radius 3 is 2.50 bits per heavy atom. The Balaban J connectivity index is 2.41. The van der Waals surface area contributed by atoms with Crippen LogP contribution in [-0.4, -0.2) is 29.4 Å². The molecule has 3 rings (SSSR count). The average Bonchev–Trinajstić information content (AvgIpc) is 2.80. The summed E-state index contributed by atoms with van der Waals surface area (Å²) in [7, 11) is -3.47. The summed E-state index contributed by atoms with van der Waals surface area (Å²) >= 11 is 3.26. The van der Waals surface area contributed by atoms with Crippen molar-refractivity contribution in [2.24, 2.45) is 0 Å². The van der Waals surface area contributed by atoms with Crippen molar-refractivity contribution >= 4 is 36.5 Å². The van der Waals surface area contributed by atoms with Gasteiger partial charge in [-0.1, -0.05) is 36.4 Å². The molecule has 0 atom stereocenters. The van der Waals surface area contributed by atoms with Gasteiger partial charge in [-0.2, -0.15) is 0 Å². The molecule has 0 radical (unpaired) electrons. The van der Waals surface area contributed by atoms with E-state index in [1.54, 1.807) is 0 Å². The van der Waals surface area contributed by atoms with E-state index in [0.717, 1.165) is 22.7 Å². The molecule has 0 N–H and O–H groups in total. The summed E-state index contributed by atoms with van der Waals surface area (Å²) in [4.78, 5) is 0. The fraction of sp³-hybridized carbons (Fsp3) is 0.0769. The first-order chi connectivity index (χ1) is 9.48. The summed E-state index contributed by atoms with van der Waals surface area (Å²) in [5, 5.41) is 9.43. The van der Waals surface area contributed by atoms with Crippen molar-refractivity contribution in [3.8, 4) is 5.69 Å². The van der Waals surface area contributed by atoms with E-state index in [0.29, 0.717) is 4.73 Å². The van der Waals surface area contributed by atoms with Crippen LogP contribution in [0, 0.1) is 0 Å². The molecular formula is C13H10BrN3O2S. The lowest BCUT2D eigenvalue weighted by atomic mass is 10.1. The molecule has 0 saturated heterocycles. The Morgan fingerprint density at radius 1 is 1.05 bits per heavy atom. The lowest BCUT2D eigenvalue weighted by molar-refractivity contribution is 0.589. The van der Waals surface area contributed by atoms with Crippen LogP contribution in [0.2, 0.25) is 0 Å². The topological polar surface area (TPSA) is 64.8 Å². The van der Waals surface area contributed by atoms with E-state index in [1.807, 2.05) is 42.5 Å². The van der Waals surface area contributed by atoms with Crippen LogP contribution in [0.4, 0.5) is 0 Å². The monoisotopic (exact) mass is 351 g/mol. The molecule has 3 aromatic rings. The molecule has 1 aromatic heterocycles. The van der Waals surface area contributed by atoms with Gasteiger partial charge in [0.2, 0.25) is 14.6 Å². The van der Waals surface area contributed by atoms with Gasteiger partial charge in [0.25, 0.3) is 5.16 Å². The number of sulfone groups is 1. The lowest BCUT2D eigenvalue weighted by Crippen LogP contribution is -2.08. The Morgan fingerprint density at radius 2 is 1.75 bits per heavy atom. The van der Waals surface area contributed by atoms with Crippen LogP contribution in [0.5, 0.6) is 0 Å². The number of nitrogens with zero attached hydrogens (tertiary/aromatic N) is 3. The molecule has 0 saturated carbocycles. The third-order valence-electron chi connectivity index (χ3n) is 2.93. The molecule has 0 unspecified atom stereocenters. The minimum atomic E-state index is -3.47. The molecule has 102 valence electrons.